The van der Waals surface area contributed by atoms with E-state index in [9.17, 15) is 9.59 Å². The maximum Gasteiger partial charge on any atom is 0.341 e. The van der Waals surface area contributed by atoms with Gasteiger partial charge in [-0.15, -0.1) is 0 Å². The van der Waals surface area contributed by atoms with Crippen molar-refractivity contribution in [3.05, 3.63) is 63.2 Å². The largest absolute Gasteiger partial charge is 0.481 e. The number of nitrogens with zero attached hydrogens (tertiary/aromatic N) is 2. The van der Waals surface area contributed by atoms with E-state index in [1.54, 1.807) is 36.5 Å². The molecule has 2 aromatic rings. The minimum Gasteiger partial charge on any atom is -0.481 e. The van der Waals surface area contributed by atoms with Crippen LogP contribution in [0.5, 0.6) is 5.75 Å². The van der Waals surface area contributed by atoms with E-state index < -0.39 is 12.6 Å². The summed E-state index contributed by atoms with van der Waals surface area (Å²) in [6.07, 6.45) is 3.32. The van der Waals surface area contributed by atoms with Crippen molar-refractivity contribution in [2.45, 2.75) is 6.54 Å². The van der Waals surface area contributed by atoms with Crippen molar-refractivity contribution in [1.82, 2.24) is 9.88 Å². The predicted octanol–water partition coefficient (Wildman–Crippen LogP) is 3.71. The summed E-state index contributed by atoms with van der Waals surface area (Å²) in [4.78, 5) is 29.7. The molecule has 6 nitrogen and oxygen atoms in total. The summed E-state index contributed by atoms with van der Waals surface area (Å²) in [5.41, 5.74) is 1.33. The number of hydrogen-bond donors (Lipinski definition) is 1. The van der Waals surface area contributed by atoms with Crippen molar-refractivity contribution in [3.8, 4) is 5.75 Å². The first-order valence-corrected chi connectivity index (χ1v) is 9.75. The fourth-order valence-corrected chi connectivity index (χ4v) is 3.96. The van der Waals surface area contributed by atoms with Crippen molar-refractivity contribution < 1.29 is 19.4 Å². The van der Waals surface area contributed by atoms with Crippen molar-refractivity contribution in [2.24, 2.45) is 0 Å². The molecular formula is C18H13BrN2O4S2. The zero-order chi connectivity index (χ0) is 19.4. The molecule has 0 atom stereocenters. The minimum absolute atomic E-state index is 0.222. The average Bonchev–Trinajstić information content (AvgIpc) is 2.89. The van der Waals surface area contributed by atoms with Gasteiger partial charge in [-0.2, -0.15) is 0 Å². The van der Waals surface area contributed by atoms with E-state index in [1.807, 2.05) is 12.1 Å². The van der Waals surface area contributed by atoms with E-state index in [1.165, 1.54) is 16.7 Å². The number of pyridine rings is 1. The van der Waals surface area contributed by atoms with Crippen LogP contribution in [0.1, 0.15) is 11.3 Å². The van der Waals surface area contributed by atoms with Crippen LogP contribution in [-0.4, -0.2) is 37.8 Å². The molecule has 1 aromatic carbocycles. The van der Waals surface area contributed by atoms with Crippen LogP contribution in [0.3, 0.4) is 0 Å². The van der Waals surface area contributed by atoms with Gasteiger partial charge in [0, 0.05) is 16.2 Å². The highest BCUT2D eigenvalue weighted by Crippen LogP contribution is 2.35. The molecule has 9 heteroatoms. The number of aromatic nitrogens is 1. The maximum absolute atomic E-state index is 12.8. The summed E-state index contributed by atoms with van der Waals surface area (Å²) in [7, 11) is 0. The van der Waals surface area contributed by atoms with Gasteiger partial charge < -0.3 is 9.84 Å². The highest BCUT2D eigenvalue weighted by Gasteiger charge is 2.32. The standard InChI is InChI=1S/C18H13BrN2O4S2/c19-12-4-5-14(25-10-16(22)23)11(7-12)8-15-17(24)21(18(26)27-15)9-13-3-1-2-6-20-13/h1-8H,9-10H2,(H,22,23)/b15-8-. The highest BCUT2D eigenvalue weighted by atomic mass is 79.9. The maximum atomic E-state index is 12.8. The molecule has 0 radical (unpaired) electrons. The number of carboxylic acids is 1. The molecule has 2 heterocycles. The Morgan fingerprint density at radius 3 is 2.89 bits per heavy atom. The second-order valence-corrected chi connectivity index (χ2v) is 8.04. The third-order valence-corrected chi connectivity index (χ3v) is 5.40. The van der Waals surface area contributed by atoms with Crippen LogP contribution in [0.25, 0.3) is 6.08 Å². The van der Waals surface area contributed by atoms with Gasteiger partial charge in [0.15, 0.2) is 6.61 Å². The summed E-state index contributed by atoms with van der Waals surface area (Å²) < 4.78 is 6.53. The molecule has 1 aromatic heterocycles. The first-order valence-electron chi connectivity index (χ1n) is 7.73. The van der Waals surface area contributed by atoms with Crippen molar-refractivity contribution in [1.29, 1.82) is 0 Å². The zero-order valence-electron chi connectivity index (χ0n) is 13.8. The average molecular weight is 465 g/mol. The number of carbonyl (C=O) groups excluding carboxylic acids is 1. The number of halogens is 1. The number of rotatable bonds is 6. The van der Waals surface area contributed by atoms with E-state index in [-0.39, 0.29) is 5.91 Å². The zero-order valence-corrected chi connectivity index (χ0v) is 17.0. The van der Waals surface area contributed by atoms with Gasteiger partial charge in [0.05, 0.1) is 17.1 Å². The molecular weight excluding hydrogens is 452 g/mol. The molecule has 1 fully saturated rings. The number of hydrogen-bond acceptors (Lipinski definition) is 6. The third kappa shape index (κ3) is 4.94. The second-order valence-electron chi connectivity index (χ2n) is 5.45. The van der Waals surface area contributed by atoms with E-state index in [0.717, 1.165) is 10.2 Å². The summed E-state index contributed by atoms with van der Waals surface area (Å²) in [6, 6.07) is 10.6. The van der Waals surface area contributed by atoms with Gasteiger partial charge in [0.1, 0.15) is 10.1 Å². The number of amides is 1. The first kappa shape index (κ1) is 19.5. The van der Waals surface area contributed by atoms with Crippen molar-refractivity contribution in [2.75, 3.05) is 6.61 Å². The predicted molar refractivity (Wildman–Crippen MR) is 110 cm³/mol. The number of benzene rings is 1. The summed E-state index contributed by atoms with van der Waals surface area (Å²) >= 11 is 9.90. The van der Waals surface area contributed by atoms with Gasteiger partial charge in [-0.05, 0) is 36.4 Å². The number of thiocarbonyl (C=S) groups is 1. The molecule has 1 N–H and O–H groups in total. The SMILES string of the molecule is O=C(O)COc1ccc(Br)cc1/C=C1\SC(=S)N(Cc2ccccn2)C1=O. The highest BCUT2D eigenvalue weighted by molar-refractivity contribution is 9.10. The summed E-state index contributed by atoms with van der Waals surface area (Å²) in [5.74, 6) is -0.930. The van der Waals surface area contributed by atoms with Crippen molar-refractivity contribution >= 4 is 62.2 Å². The van der Waals surface area contributed by atoms with Crippen LogP contribution in [0.2, 0.25) is 0 Å². The number of carbonyl (C=O) groups is 2. The van der Waals surface area contributed by atoms with Gasteiger partial charge in [-0.3, -0.25) is 14.7 Å². The molecule has 0 aliphatic carbocycles. The normalized spacial score (nSPS) is 15.4. The quantitative estimate of drug-likeness (QED) is 0.515. The number of ether oxygens (including phenoxy) is 1. The van der Waals surface area contributed by atoms with Gasteiger partial charge in [0.2, 0.25) is 0 Å². The van der Waals surface area contributed by atoms with Crippen LogP contribution < -0.4 is 4.74 Å². The lowest BCUT2D eigenvalue weighted by Crippen LogP contribution is -2.27. The molecule has 1 amide bonds. The third-order valence-electron chi connectivity index (χ3n) is 3.53. The molecule has 0 unspecified atom stereocenters. The van der Waals surface area contributed by atoms with Gasteiger partial charge in [-0.1, -0.05) is 46.0 Å². The lowest BCUT2D eigenvalue weighted by molar-refractivity contribution is -0.139. The molecule has 3 rings (SSSR count). The van der Waals surface area contributed by atoms with Gasteiger partial charge in [-0.25, -0.2) is 4.79 Å². The lowest BCUT2D eigenvalue weighted by Gasteiger charge is -2.13. The monoisotopic (exact) mass is 464 g/mol. The van der Waals surface area contributed by atoms with Crippen molar-refractivity contribution in [3.63, 3.8) is 0 Å². The molecule has 0 spiro atoms. The smallest absolute Gasteiger partial charge is 0.341 e. The molecule has 1 aliphatic heterocycles. The van der Waals surface area contributed by atoms with Crippen LogP contribution in [0.4, 0.5) is 0 Å². The molecule has 138 valence electrons. The number of carboxylic acid groups (broad SMARTS) is 1. The van der Waals surface area contributed by atoms with E-state index in [4.69, 9.17) is 22.1 Å². The molecule has 1 saturated heterocycles. The van der Waals surface area contributed by atoms with E-state index >= 15 is 0 Å². The molecule has 0 bridgehead atoms. The Hall–Kier alpha value is -2.23. The van der Waals surface area contributed by atoms with Crippen LogP contribution in [0.15, 0.2) is 52.0 Å². The van der Waals surface area contributed by atoms with Gasteiger partial charge >= 0.3 is 5.97 Å². The van der Waals surface area contributed by atoms with E-state index in [2.05, 4.69) is 20.9 Å². The fraction of sp³-hybridized carbons (Fsp3) is 0.111. The number of aliphatic carboxylic acids is 1. The van der Waals surface area contributed by atoms with Crippen LogP contribution in [0, 0.1) is 0 Å². The van der Waals surface area contributed by atoms with E-state index in [0.29, 0.717) is 27.1 Å². The second kappa shape index (κ2) is 8.64. The molecule has 0 saturated carbocycles. The summed E-state index contributed by atoms with van der Waals surface area (Å²) in [6.45, 7) is -0.174. The fourth-order valence-electron chi connectivity index (χ4n) is 2.33. The van der Waals surface area contributed by atoms with Crippen LogP contribution >= 0.6 is 39.9 Å². The topological polar surface area (TPSA) is 79.7 Å². The Bertz CT molecular complexity index is 934. The molecule has 27 heavy (non-hydrogen) atoms. The molecule has 1 aliphatic rings. The van der Waals surface area contributed by atoms with Gasteiger partial charge in [0.25, 0.3) is 5.91 Å². The Labute approximate surface area is 173 Å². The number of thioether (sulfide) groups is 1. The first-order chi connectivity index (χ1) is 12.9. The van der Waals surface area contributed by atoms with Crippen LogP contribution in [-0.2, 0) is 16.1 Å². The lowest BCUT2D eigenvalue weighted by atomic mass is 10.2. The summed E-state index contributed by atoms with van der Waals surface area (Å²) in [5, 5.41) is 8.82. The minimum atomic E-state index is -1.08. The Morgan fingerprint density at radius 1 is 1.37 bits per heavy atom. The Balaban J connectivity index is 1.85. The Morgan fingerprint density at radius 2 is 2.19 bits per heavy atom. The Kier molecular flexibility index (Phi) is 6.25.